The molecule has 0 bridgehead atoms. The summed E-state index contributed by atoms with van der Waals surface area (Å²) in [6, 6.07) is 22.3. The number of para-hydroxylation sites is 4. The van der Waals surface area contributed by atoms with E-state index in [1.165, 1.54) is 0 Å². The Morgan fingerprint density at radius 1 is 0.622 bits per heavy atom. The summed E-state index contributed by atoms with van der Waals surface area (Å²) in [5.41, 5.74) is 6.21. The van der Waals surface area contributed by atoms with E-state index in [1.54, 1.807) is 23.5 Å². The maximum atomic E-state index is 8.25. The molecule has 5 aromatic rings. The number of nitrogens with one attached hydrogen (secondary N) is 2. The van der Waals surface area contributed by atoms with E-state index in [0.29, 0.717) is 0 Å². The number of imidazole rings is 2. The number of aromatic amines is 2. The number of benzene rings is 2. The van der Waals surface area contributed by atoms with Gasteiger partial charge in [-0.15, -0.1) is 0 Å². The van der Waals surface area contributed by atoms with Crippen LogP contribution in [0.5, 0.6) is 0 Å². The number of hydrogen-bond acceptors (Lipinski definition) is 11. The third-order valence-electron chi connectivity index (χ3n) is 4.31. The fourth-order valence-corrected chi connectivity index (χ4v) is 4.55. The molecule has 0 atom stereocenters. The van der Waals surface area contributed by atoms with Crippen molar-refractivity contribution in [3.63, 3.8) is 0 Å². The normalized spacial score (nSPS) is 9.95. The first-order valence-corrected chi connectivity index (χ1v) is 12.0. The van der Waals surface area contributed by atoms with Gasteiger partial charge in [0.05, 0.1) is 43.6 Å². The first-order valence-electron chi connectivity index (χ1n) is 10.0. The van der Waals surface area contributed by atoms with Crippen LogP contribution in [0.25, 0.3) is 22.1 Å². The number of rotatable bonds is 6. The van der Waals surface area contributed by atoms with Crippen LogP contribution in [0.1, 0.15) is 11.4 Å². The number of fused-ring (bicyclic) bond motifs is 2. The van der Waals surface area contributed by atoms with Crippen LogP contribution in [0.4, 0.5) is 0 Å². The van der Waals surface area contributed by atoms with E-state index in [2.05, 4.69) is 38.1 Å². The molecule has 0 spiro atoms. The first-order chi connectivity index (χ1) is 17.3. The molecule has 37 heavy (non-hydrogen) atoms. The van der Waals surface area contributed by atoms with Crippen molar-refractivity contribution in [1.29, 1.82) is 0 Å². The van der Waals surface area contributed by atoms with Crippen LogP contribution in [-0.4, -0.2) is 35.1 Å². The molecular formula is C21H17CuN7O6S2. The zero-order valence-corrected chi connectivity index (χ0v) is 21.1. The molecule has 0 saturated carbocycles. The minimum atomic E-state index is -1.75. The summed E-state index contributed by atoms with van der Waals surface area (Å²) in [5.74, 6) is 1.56. The molecule has 3 aromatic heterocycles. The van der Waals surface area contributed by atoms with E-state index in [1.807, 2.05) is 48.5 Å². The van der Waals surface area contributed by atoms with Gasteiger partial charge in [-0.05, 0) is 36.4 Å². The van der Waals surface area contributed by atoms with Crippen molar-refractivity contribution >= 4 is 45.6 Å². The van der Waals surface area contributed by atoms with Crippen LogP contribution in [0.2, 0.25) is 0 Å². The average molecular weight is 591 g/mol. The molecule has 1 radical (unpaired) electrons. The molecule has 2 aromatic carbocycles. The summed E-state index contributed by atoms with van der Waals surface area (Å²) >= 11 is 3.34. The van der Waals surface area contributed by atoms with Gasteiger partial charge in [-0.3, -0.25) is 4.98 Å². The molecule has 5 rings (SSSR count). The van der Waals surface area contributed by atoms with Crippen molar-refractivity contribution in [3.8, 4) is 0 Å². The molecular weight excluding hydrogens is 574 g/mol. The van der Waals surface area contributed by atoms with E-state index >= 15 is 0 Å². The van der Waals surface area contributed by atoms with Crippen LogP contribution in [0.15, 0.2) is 77.0 Å². The van der Waals surface area contributed by atoms with Gasteiger partial charge in [0.1, 0.15) is 0 Å². The third kappa shape index (κ3) is 9.97. The molecule has 0 amide bonds. The molecule has 16 heteroatoms. The molecule has 3 heterocycles. The van der Waals surface area contributed by atoms with E-state index in [4.69, 9.17) is 35.6 Å². The second kappa shape index (κ2) is 14.6. The van der Waals surface area contributed by atoms with Gasteiger partial charge >= 0.3 is 17.1 Å². The van der Waals surface area contributed by atoms with Gasteiger partial charge in [0, 0.05) is 11.5 Å². The van der Waals surface area contributed by atoms with Crippen LogP contribution >= 0.6 is 23.5 Å². The third-order valence-corrected chi connectivity index (χ3v) is 6.13. The smallest absolute Gasteiger partial charge is 0.356 e. The molecule has 2 N–H and O–H groups in total. The summed E-state index contributed by atoms with van der Waals surface area (Å²) in [5, 5.41) is 31.3. The Kier molecular flexibility index (Phi) is 11.6. The second-order valence-electron chi connectivity index (χ2n) is 6.76. The van der Waals surface area contributed by atoms with Gasteiger partial charge in [-0.25, -0.2) is 9.97 Å². The van der Waals surface area contributed by atoms with Crippen molar-refractivity contribution in [2.24, 2.45) is 0 Å². The van der Waals surface area contributed by atoms with Crippen LogP contribution in [-0.2, 0) is 28.6 Å². The van der Waals surface area contributed by atoms with Gasteiger partial charge < -0.3 is 40.6 Å². The van der Waals surface area contributed by atoms with Crippen molar-refractivity contribution in [3.05, 3.63) is 109 Å². The number of aromatic nitrogens is 5. The topological polar surface area (TPSA) is 203 Å². The molecule has 13 nitrogen and oxygen atoms in total. The molecule has 0 aliphatic heterocycles. The summed E-state index contributed by atoms with van der Waals surface area (Å²) in [7, 11) is 0. The molecule has 195 valence electrons. The number of H-pyrrole nitrogens is 2. The Bertz CT molecular complexity index is 1290. The number of nitrogens with zero attached hydrogens (tertiary/aromatic N) is 5. The van der Waals surface area contributed by atoms with Crippen LogP contribution in [0, 0.1) is 30.6 Å². The van der Waals surface area contributed by atoms with Crippen molar-refractivity contribution in [2.75, 3.05) is 0 Å². The minimum absolute atomic E-state index is 0. The average Bonchev–Trinajstić information content (AvgIpc) is 3.44. The summed E-state index contributed by atoms with van der Waals surface area (Å²) in [6.07, 6.45) is 0. The van der Waals surface area contributed by atoms with Crippen molar-refractivity contribution in [2.45, 2.75) is 21.8 Å². The molecule has 0 saturated heterocycles. The standard InChI is InChI=1S/C21H17N5S2.Cu.2NO3/c1-2-9-17-16(8-1)23-20(24-17)27-12-14-6-5-7-15(22-14)13-28-21-25-18-10-3-4-11-19(18)26-21;;2*2-1(3)4/h1-11H,12-13H2,(H,23,24)(H,25,26);;;/q;+2;2*-1. The Morgan fingerprint density at radius 3 is 1.38 bits per heavy atom. The zero-order chi connectivity index (χ0) is 25.9. The van der Waals surface area contributed by atoms with Gasteiger partial charge in [0.15, 0.2) is 10.3 Å². The largest absolute Gasteiger partial charge is 2.00 e. The van der Waals surface area contributed by atoms with Gasteiger partial charge in [-0.1, -0.05) is 53.9 Å². The van der Waals surface area contributed by atoms with Gasteiger partial charge in [-0.2, -0.15) is 0 Å². The van der Waals surface area contributed by atoms with Crippen molar-refractivity contribution < 1.29 is 27.2 Å². The monoisotopic (exact) mass is 590 g/mol. The maximum Gasteiger partial charge on any atom is 2.00 e. The van der Waals surface area contributed by atoms with Gasteiger partial charge in [0.25, 0.3) is 0 Å². The Morgan fingerprint density at radius 2 is 1.00 bits per heavy atom. The fraction of sp³-hybridized carbons (Fsp3) is 0.0952. The first kappa shape index (κ1) is 29.4. The molecule has 0 aliphatic carbocycles. The van der Waals surface area contributed by atoms with Gasteiger partial charge in [0.2, 0.25) is 0 Å². The Balaban J connectivity index is 0.000000473. The zero-order valence-electron chi connectivity index (χ0n) is 18.6. The van der Waals surface area contributed by atoms with Crippen LogP contribution in [0.3, 0.4) is 0 Å². The summed E-state index contributed by atoms with van der Waals surface area (Å²) in [6.45, 7) is 0. The van der Waals surface area contributed by atoms with E-state index in [0.717, 1.165) is 55.3 Å². The van der Waals surface area contributed by atoms with E-state index in [9.17, 15) is 0 Å². The predicted molar refractivity (Wildman–Crippen MR) is 136 cm³/mol. The SMILES string of the molecule is O=[N+]([O-])[O-].O=[N+]([O-])[O-].[Cu+2].c1cc(CSc2nc3ccccc3[nH]2)nc(CSc2nc3ccccc3[nH]2)c1. The second-order valence-corrected chi connectivity index (χ2v) is 8.69. The van der Waals surface area contributed by atoms with E-state index in [-0.39, 0.29) is 17.1 Å². The Hall–Kier alpha value is -3.85. The van der Waals surface area contributed by atoms with Crippen molar-refractivity contribution in [1.82, 2.24) is 24.9 Å². The number of pyridine rings is 1. The predicted octanol–water partition coefficient (Wildman–Crippen LogP) is 4.94. The minimum Gasteiger partial charge on any atom is -0.356 e. The summed E-state index contributed by atoms with van der Waals surface area (Å²) < 4.78 is 0. The quantitative estimate of drug-likeness (QED) is 0.117. The Labute approximate surface area is 227 Å². The number of hydrogen-bond donors (Lipinski definition) is 2. The maximum absolute atomic E-state index is 8.25. The van der Waals surface area contributed by atoms with E-state index < -0.39 is 10.2 Å². The number of thioether (sulfide) groups is 2. The van der Waals surface area contributed by atoms with Crippen LogP contribution < -0.4 is 0 Å². The molecule has 0 unspecified atom stereocenters. The molecule has 0 fully saturated rings. The summed E-state index contributed by atoms with van der Waals surface area (Å²) in [4.78, 5) is 37.2. The molecule has 0 aliphatic rings. The fourth-order valence-electron chi connectivity index (χ4n) is 2.97.